The lowest BCUT2D eigenvalue weighted by atomic mass is 10.1. The van der Waals surface area contributed by atoms with Crippen LogP contribution in [0.15, 0.2) is 58.7 Å². The van der Waals surface area contributed by atoms with Crippen LogP contribution in [0.4, 0.5) is 0 Å². The van der Waals surface area contributed by atoms with Gasteiger partial charge in [-0.25, -0.2) is 4.79 Å². The normalized spacial score (nSPS) is 11.7. The van der Waals surface area contributed by atoms with E-state index in [2.05, 4.69) is 32.8 Å². The molecule has 2 aromatic carbocycles. The second-order valence-electron chi connectivity index (χ2n) is 4.69. The minimum absolute atomic E-state index is 0.359. The molecule has 0 aromatic heterocycles. The number of hydrogen-bond donors (Lipinski definition) is 1. The number of benzene rings is 2. The first-order valence-corrected chi connectivity index (χ1v) is 9.07. The number of esters is 1. The molecule has 7 heteroatoms. The summed E-state index contributed by atoms with van der Waals surface area (Å²) in [5.74, 6) is 0.389. The van der Waals surface area contributed by atoms with Crippen molar-refractivity contribution >= 4 is 51.7 Å². The molecule has 5 nitrogen and oxygen atoms in total. The molecule has 2 aromatic rings. The lowest BCUT2D eigenvalue weighted by Crippen LogP contribution is -2.06. The van der Waals surface area contributed by atoms with Gasteiger partial charge in [-0.1, -0.05) is 48.2 Å². The molecule has 0 saturated heterocycles. The van der Waals surface area contributed by atoms with Gasteiger partial charge in [0, 0.05) is 9.32 Å². The van der Waals surface area contributed by atoms with Gasteiger partial charge in [0.1, 0.15) is 0 Å². The van der Waals surface area contributed by atoms with Crippen LogP contribution in [0.1, 0.15) is 21.5 Å². The second-order valence-corrected chi connectivity index (χ2v) is 6.85. The number of ether oxygens (including phenoxy) is 1. The number of amidine groups is 1. The van der Waals surface area contributed by atoms with Gasteiger partial charge in [-0.3, -0.25) is 0 Å². The van der Waals surface area contributed by atoms with Crippen LogP contribution in [0.3, 0.4) is 0 Å². The first-order valence-electron chi connectivity index (χ1n) is 7.01. The van der Waals surface area contributed by atoms with Crippen LogP contribution in [0.2, 0.25) is 0 Å². The van der Waals surface area contributed by atoms with Crippen molar-refractivity contribution in [2.24, 2.45) is 15.9 Å². The highest BCUT2D eigenvalue weighted by molar-refractivity contribution is 14.1. The largest absolute Gasteiger partial charge is 0.465 e. The molecule has 0 aliphatic heterocycles. The molecule has 0 aliphatic carbocycles. The van der Waals surface area contributed by atoms with Crippen molar-refractivity contribution in [1.29, 1.82) is 0 Å². The Morgan fingerprint density at radius 1 is 1.29 bits per heavy atom. The van der Waals surface area contributed by atoms with Crippen LogP contribution in [-0.4, -0.2) is 24.5 Å². The Balaban J connectivity index is 1.95. The number of hydrogen-bond acceptors (Lipinski definition) is 5. The zero-order chi connectivity index (χ0) is 17.4. The minimum atomic E-state index is -0.359. The van der Waals surface area contributed by atoms with E-state index in [9.17, 15) is 4.79 Å². The summed E-state index contributed by atoms with van der Waals surface area (Å²) >= 11 is 3.51. The van der Waals surface area contributed by atoms with E-state index in [4.69, 9.17) is 10.5 Å². The summed E-state index contributed by atoms with van der Waals surface area (Å²) in [4.78, 5) is 11.5. The molecule has 24 heavy (non-hydrogen) atoms. The first kappa shape index (κ1) is 18.5. The van der Waals surface area contributed by atoms with Gasteiger partial charge >= 0.3 is 5.97 Å². The number of carbonyl (C=O) groups excluding carboxylic acids is 1. The molecule has 0 bridgehead atoms. The van der Waals surface area contributed by atoms with Gasteiger partial charge in [-0.2, -0.15) is 5.10 Å². The second kappa shape index (κ2) is 9.43. The third-order valence-corrected chi connectivity index (χ3v) is 4.74. The van der Waals surface area contributed by atoms with Crippen LogP contribution >= 0.6 is 34.4 Å². The SMILES string of the molecule is COC(=O)c1ccc(C=NN=C(N)SCc2ccccc2)cc1I. The number of methoxy groups -OCH3 is 1. The van der Waals surface area contributed by atoms with Crippen molar-refractivity contribution in [2.75, 3.05) is 7.11 Å². The van der Waals surface area contributed by atoms with Crippen molar-refractivity contribution in [1.82, 2.24) is 0 Å². The summed E-state index contributed by atoms with van der Waals surface area (Å²) < 4.78 is 5.50. The summed E-state index contributed by atoms with van der Waals surface area (Å²) in [6.07, 6.45) is 1.60. The highest BCUT2D eigenvalue weighted by Crippen LogP contribution is 2.15. The maximum absolute atomic E-state index is 11.5. The lowest BCUT2D eigenvalue weighted by molar-refractivity contribution is 0.0599. The van der Waals surface area contributed by atoms with Gasteiger partial charge in [-0.15, -0.1) is 5.10 Å². The van der Waals surface area contributed by atoms with E-state index in [0.29, 0.717) is 10.7 Å². The molecule has 0 unspecified atom stereocenters. The van der Waals surface area contributed by atoms with Gasteiger partial charge in [0.2, 0.25) is 0 Å². The van der Waals surface area contributed by atoms with Crippen molar-refractivity contribution in [3.8, 4) is 0 Å². The van der Waals surface area contributed by atoms with Gasteiger partial charge in [-0.05, 0) is 45.9 Å². The molecule has 0 radical (unpaired) electrons. The number of halogens is 1. The monoisotopic (exact) mass is 453 g/mol. The summed E-state index contributed by atoms with van der Waals surface area (Å²) in [5, 5.41) is 8.36. The predicted molar refractivity (Wildman–Crippen MR) is 107 cm³/mol. The topological polar surface area (TPSA) is 77.0 Å². The predicted octanol–water partition coefficient (Wildman–Crippen LogP) is 3.66. The van der Waals surface area contributed by atoms with Crippen molar-refractivity contribution in [3.63, 3.8) is 0 Å². The number of carbonyl (C=O) groups is 1. The van der Waals surface area contributed by atoms with E-state index in [1.54, 1.807) is 18.3 Å². The van der Waals surface area contributed by atoms with Gasteiger partial charge < -0.3 is 10.5 Å². The Morgan fingerprint density at radius 3 is 2.71 bits per heavy atom. The van der Waals surface area contributed by atoms with E-state index in [-0.39, 0.29) is 5.97 Å². The van der Waals surface area contributed by atoms with E-state index in [0.717, 1.165) is 14.9 Å². The molecule has 0 atom stereocenters. The zero-order valence-corrected chi connectivity index (χ0v) is 16.0. The standard InChI is InChI=1S/C17H16IN3O2S/c1-23-16(22)14-8-7-13(9-15(14)18)10-20-21-17(19)24-11-12-5-3-2-4-6-12/h2-10H,11H2,1H3,(H2,19,21). The quantitative estimate of drug-likeness (QED) is 0.247. The fraction of sp³-hybridized carbons (Fsp3) is 0.118. The molecule has 0 heterocycles. The van der Waals surface area contributed by atoms with Crippen molar-refractivity contribution in [3.05, 3.63) is 68.8 Å². The van der Waals surface area contributed by atoms with Crippen molar-refractivity contribution < 1.29 is 9.53 Å². The highest BCUT2D eigenvalue weighted by atomic mass is 127. The maximum atomic E-state index is 11.5. The Labute approximate surface area is 158 Å². The van der Waals surface area contributed by atoms with Crippen LogP contribution in [0.25, 0.3) is 0 Å². The summed E-state index contributed by atoms with van der Waals surface area (Å²) in [7, 11) is 1.36. The van der Waals surface area contributed by atoms with Crippen LogP contribution < -0.4 is 5.73 Å². The molecular weight excluding hydrogens is 437 g/mol. The van der Waals surface area contributed by atoms with Crippen LogP contribution in [-0.2, 0) is 10.5 Å². The maximum Gasteiger partial charge on any atom is 0.338 e. The minimum Gasteiger partial charge on any atom is -0.465 e. The van der Waals surface area contributed by atoms with Gasteiger partial charge in [0.05, 0.1) is 18.9 Å². The molecule has 0 saturated carbocycles. The van der Waals surface area contributed by atoms with Crippen molar-refractivity contribution in [2.45, 2.75) is 5.75 Å². The lowest BCUT2D eigenvalue weighted by Gasteiger charge is -2.02. The molecule has 0 aliphatic rings. The third-order valence-electron chi connectivity index (χ3n) is 2.99. The molecule has 124 valence electrons. The van der Waals surface area contributed by atoms with Crippen LogP contribution in [0.5, 0.6) is 0 Å². The molecule has 2 rings (SSSR count). The summed E-state index contributed by atoms with van der Waals surface area (Å²) in [6, 6.07) is 15.3. The fourth-order valence-corrected chi connectivity index (χ4v) is 3.17. The van der Waals surface area contributed by atoms with Gasteiger partial charge in [0.15, 0.2) is 5.17 Å². The number of nitrogens with zero attached hydrogens (tertiary/aromatic N) is 2. The molecular formula is C17H16IN3O2S. The Hall–Kier alpha value is -1.87. The average molecular weight is 453 g/mol. The molecule has 0 amide bonds. The van der Waals surface area contributed by atoms with E-state index < -0.39 is 0 Å². The van der Waals surface area contributed by atoms with E-state index in [1.807, 2.05) is 36.4 Å². The molecule has 0 fully saturated rings. The first-order chi connectivity index (χ1) is 11.6. The molecule has 0 spiro atoms. The number of rotatable bonds is 5. The molecule has 2 N–H and O–H groups in total. The third kappa shape index (κ3) is 5.64. The Bertz CT molecular complexity index is 764. The Kier molecular flexibility index (Phi) is 7.26. The van der Waals surface area contributed by atoms with Gasteiger partial charge in [0.25, 0.3) is 0 Å². The smallest absolute Gasteiger partial charge is 0.338 e. The number of thioether (sulfide) groups is 1. The highest BCUT2D eigenvalue weighted by Gasteiger charge is 2.09. The summed E-state index contributed by atoms with van der Waals surface area (Å²) in [6.45, 7) is 0. The Morgan fingerprint density at radius 2 is 2.04 bits per heavy atom. The fourth-order valence-electron chi connectivity index (χ4n) is 1.80. The summed E-state index contributed by atoms with van der Waals surface area (Å²) in [5.41, 5.74) is 8.37. The van der Waals surface area contributed by atoms with Crippen LogP contribution in [0, 0.1) is 3.57 Å². The zero-order valence-electron chi connectivity index (χ0n) is 13.0. The van der Waals surface area contributed by atoms with E-state index >= 15 is 0 Å². The number of nitrogens with two attached hydrogens (primary N) is 1. The average Bonchev–Trinajstić information content (AvgIpc) is 2.60. The van der Waals surface area contributed by atoms with E-state index in [1.165, 1.54) is 24.4 Å².